The van der Waals surface area contributed by atoms with Crippen molar-refractivity contribution in [3.8, 4) is 0 Å². The standard InChI is InChI=1S/C12H18N2/c1-9-3-11(5-12(13)4-9)8-14-6-10(2)7-14/h3-5,10H,6-8,13H2,1-2H3. The molecule has 1 aromatic rings. The fourth-order valence-corrected chi connectivity index (χ4v) is 2.20. The average Bonchev–Trinajstić information content (AvgIpc) is 1.99. The number of hydrogen-bond donors (Lipinski definition) is 1. The summed E-state index contributed by atoms with van der Waals surface area (Å²) in [7, 11) is 0. The minimum Gasteiger partial charge on any atom is -0.399 e. The van der Waals surface area contributed by atoms with E-state index in [-0.39, 0.29) is 0 Å². The van der Waals surface area contributed by atoms with Gasteiger partial charge in [0, 0.05) is 25.3 Å². The van der Waals surface area contributed by atoms with Crippen LogP contribution in [0, 0.1) is 12.8 Å². The maximum atomic E-state index is 5.80. The molecule has 0 amide bonds. The number of aryl methyl sites for hydroxylation is 1. The number of nitrogen functional groups attached to an aromatic ring is 1. The molecule has 0 aromatic heterocycles. The first-order valence-electron chi connectivity index (χ1n) is 5.22. The Bertz CT molecular complexity index is 307. The van der Waals surface area contributed by atoms with Gasteiger partial charge < -0.3 is 5.73 Å². The summed E-state index contributed by atoms with van der Waals surface area (Å²) in [6.07, 6.45) is 0. The molecule has 0 atom stereocenters. The third kappa shape index (κ3) is 2.07. The maximum Gasteiger partial charge on any atom is 0.0319 e. The summed E-state index contributed by atoms with van der Waals surface area (Å²) >= 11 is 0. The second-order valence-corrected chi connectivity index (χ2v) is 4.55. The summed E-state index contributed by atoms with van der Waals surface area (Å²) in [4.78, 5) is 2.46. The first-order valence-corrected chi connectivity index (χ1v) is 5.22. The van der Waals surface area contributed by atoms with E-state index in [1.54, 1.807) is 0 Å². The van der Waals surface area contributed by atoms with E-state index >= 15 is 0 Å². The molecule has 1 aromatic carbocycles. The minimum absolute atomic E-state index is 0.872. The molecular formula is C12H18N2. The molecule has 14 heavy (non-hydrogen) atoms. The Balaban J connectivity index is 2.02. The Morgan fingerprint density at radius 3 is 2.64 bits per heavy atom. The van der Waals surface area contributed by atoms with Gasteiger partial charge in [-0.3, -0.25) is 4.90 Å². The van der Waals surface area contributed by atoms with Gasteiger partial charge in [0.2, 0.25) is 0 Å². The zero-order valence-electron chi connectivity index (χ0n) is 8.96. The van der Waals surface area contributed by atoms with Crippen LogP contribution in [0.3, 0.4) is 0 Å². The molecule has 0 spiro atoms. The lowest BCUT2D eigenvalue weighted by molar-refractivity contribution is 0.105. The topological polar surface area (TPSA) is 29.3 Å². The number of nitrogens with two attached hydrogens (primary N) is 1. The maximum absolute atomic E-state index is 5.80. The minimum atomic E-state index is 0.872. The molecule has 0 unspecified atom stereocenters. The van der Waals surface area contributed by atoms with E-state index in [4.69, 9.17) is 5.73 Å². The lowest BCUT2D eigenvalue weighted by Crippen LogP contribution is -2.44. The highest BCUT2D eigenvalue weighted by Gasteiger charge is 2.21. The molecule has 2 rings (SSSR count). The molecule has 76 valence electrons. The van der Waals surface area contributed by atoms with E-state index in [0.717, 1.165) is 18.2 Å². The second kappa shape index (κ2) is 3.62. The molecule has 1 aliphatic rings. The molecule has 0 saturated carbocycles. The lowest BCUT2D eigenvalue weighted by Gasteiger charge is -2.37. The van der Waals surface area contributed by atoms with Crippen molar-refractivity contribution < 1.29 is 0 Å². The van der Waals surface area contributed by atoms with Crippen molar-refractivity contribution in [1.82, 2.24) is 4.90 Å². The van der Waals surface area contributed by atoms with E-state index in [1.165, 1.54) is 24.2 Å². The van der Waals surface area contributed by atoms with Crippen LogP contribution >= 0.6 is 0 Å². The number of anilines is 1. The van der Waals surface area contributed by atoms with Gasteiger partial charge in [-0.25, -0.2) is 0 Å². The number of hydrogen-bond acceptors (Lipinski definition) is 2. The Hall–Kier alpha value is -1.02. The number of nitrogens with zero attached hydrogens (tertiary/aromatic N) is 1. The fourth-order valence-electron chi connectivity index (χ4n) is 2.20. The highest BCUT2D eigenvalue weighted by atomic mass is 15.2. The van der Waals surface area contributed by atoms with Gasteiger partial charge in [-0.05, 0) is 36.1 Å². The third-order valence-electron chi connectivity index (χ3n) is 2.71. The van der Waals surface area contributed by atoms with Gasteiger partial charge in [-0.15, -0.1) is 0 Å². The lowest BCUT2D eigenvalue weighted by atomic mass is 10.0. The largest absolute Gasteiger partial charge is 0.399 e. The highest BCUT2D eigenvalue weighted by molar-refractivity contribution is 5.44. The second-order valence-electron chi connectivity index (χ2n) is 4.55. The number of likely N-dealkylation sites (tertiary alicyclic amines) is 1. The van der Waals surface area contributed by atoms with Gasteiger partial charge in [-0.2, -0.15) is 0 Å². The van der Waals surface area contributed by atoms with Crippen LogP contribution in [0.4, 0.5) is 5.69 Å². The monoisotopic (exact) mass is 190 g/mol. The van der Waals surface area contributed by atoms with Crippen LogP contribution in [-0.2, 0) is 6.54 Å². The quantitative estimate of drug-likeness (QED) is 0.723. The van der Waals surface area contributed by atoms with E-state index in [0.29, 0.717) is 0 Å². The van der Waals surface area contributed by atoms with Crippen LogP contribution in [0.15, 0.2) is 18.2 Å². The Labute approximate surface area is 85.7 Å². The van der Waals surface area contributed by atoms with Gasteiger partial charge in [0.25, 0.3) is 0 Å². The Morgan fingerprint density at radius 1 is 1.36 bits per heavy atom. The molecule has 1 fully saturated rings. The van der Waals surface area contributed by atoms with Crippen molar-refractivity contribution >= 4 is 5.69 Å². The van der Waals surface area contributed by atoms with E-state index in [9.17, 15) is 0 Å². The van der Waals surface area contributed by atoms with Crippen LogP contribution in [-0.4, -0.2) is 18.0 Å². The van der Waals surface area contributed by atoms with E-state index < -0.39 is 0 Å². The highest BCUT2D eigenvalue weighted by Crippen LogP contribution is 2.19. The molecule has 2 nitrogen and oxygen atoms in total. The zero-order valence-corrected chi connectivity index (χ0v) is 8.96. The van der Waals surface area contributed by atoms with Crippen molar-refractivity contribution in [2.24, 2.45) is 5.92 Å². The van der Waals surface area contributed by atoms with Gasteiger partial charge in [0.1, 0.15) is 0 Å². The summed E-state index contributed by atoms with van der Waals surface area (Å²) in [5, 5.41) is 0. The molecule has 0 bridgehead atoms. The van der Waals surface area contributed by atoms with Gasteiger partial charge in [0.15, 0.2) is 0 Å². The van der Waals surface area contributed by atoms with Crippen LogP contribution in [0.1, 0.15) is 18.1 Å². The molecule has 1 saturated heterocycles. The zero-order chi connectivity index (χ0) is 10.1. The molecule has 2 heteroatoms. The fraction of sp³-hybridized carbons (Fsp3) is 0.500. The Kier molecular flexibility index (Phi) is 2.46. The predicted molar refractivity (Wildman–Crippen MR) is 60.0 cm³/mol. The molecule has 0 aliphatic carbocycles. The molecule has 1 aliphatic heterocycles. The van der Waals surface area contributed by atoms with Crippen LogP contribution < -0.4 is 5.73 Å². The van der Waals surface area contributed by atoms with E-state index in [1.807, 2.05) is 6.07 Å². The Morgan fingerprint density at radius 2 is 2.07 bits per heavy atom. The summed E-state index contributed by atoms with van der Waals surface area (Å²) in [6, 6.07) is 6.32. The predicted octanol–water partition coefficient (Wildman–Crippen LogP) is 2.03. The van der Waals surface area contributed by atoms with Crippen LogP contribution in [0.25, 0.3) is 0 Å². The molecule has 2 N–H and O–H groups in total. The van der Waals surface area contributed by atoms with E-state index in [2.05, 4.69) is 30.9 Å². The van der Waals surface area contributed by atoms with Gasteiger partial charge >= 0.3 is 0 Å². The van der Waals surface area contributed by atoms with Crippen molar-refractivity contribution in [3.05, 3.63) is 29.3 Å². The summed E-state index contributed by atoms with van der Waals surface area (Å²) < 4.78 is 0. The third-order valence-corrected chi connectivity index (χ3v) is 2.71. The molecular weight excluding hydrogens is 172 g/mol. The van der Waals surface area contributed by atoms with Crippen molar-refractivity contribution in [2.75, 3.05) is 18.8 Å². The first kappa shape index (κ1) is 9.53. The summed E-state index contributed by atoms with van der Waals surface area (Å²) in [6.45, 7) is 7.90. The first-order chi connectivity index (χ1) is 6.63. The van der Waals surface area contributed by atoms with Crippen LogP contribution in [0.5, 0.6) is 0 Å². The van der Waals surface area contributed by atoms with Crippen molar-refractivity contribution in [1.29, 1.82) is 0 Å². The van der Waals surface area contributed by atoms with Crippen molar-refractivity contribution in [2.45, 2.75) is 20.4 Å². The normalized spacial score (nSPS) is 18.1. The van der Waals surface area contributed by atoms with Crippen molar-refractivity contribution in [3.63, 3.8) is 0 Å². The summed E-state index contributed by atoms with van der Waals surface area (Å²) in [5.41, 5.74) is 9.29. The molecule has 0 radical (unpaired) electrons. The van der Waals surface area contributed by atoms with Crippen LogP contribution in [0.2, 0.25) is 0 Å². The SMILES string of the molecule is Cc1cc(N)cc(CN2CC(C)C2)c1. The smallest absolute Gasteiger partial charge is 0.0319 e. The van der Waals surface area contributed by atoms with Gasteiger partial charge in [-0.1, -0.05) is 13.0 Å². The molecule has 1 heterocycles. The average molecular weight is 190 g/mol. The number of rotatable bonds is 2. The van der Waals surface area contributed by atoms with Gasteiger partial charge in [0.05, 0.1) is 0 Å². The number of benzene rings is 1. The summed E-state index contributed by atoms with van der Waals surface area (Å²) in [5.74, 6) is 0.872.